The SMILES string of the molecule is CCCCCCC/C=C\C/C=C\C/C=C\CCCCCCCCC(=O)OC(COC(=O)CCCCCCCCCCCCCCCCCC)COC(=O)CCCCCCCCCCCCCCCCCCCCCCCCCCCCC. The summed E-state index contributed by atoms with van der Waals surface area (Å²) in [4.78, 5) is 38.5. The van der Waals surface area contributed by atoms with E-state index in [0.29, 0.717) is 19.3 Å². The first-order valence-electron chi connectivity index (χ1n) is 37.0. The van der Waals surface area contributed by atoms with Crippen LogP contribution < -0.4 is 0 Å². The average molecular weight is 1150 g/mol. The van der Waals surface area contributed by atoms with Crippen LogP contribution in [0.5, 0.6) is 0 Å². The summed E-state index contributed by atoms with van der Waals surface area (Å²) in [6.07, 6.45) is 89.0. The van der Waals surface area contributed by atoms with E-state index in [1.54, 1.807) is 0 Å². The molecule has 0 heterocycles. The van der Waals surface area contributed by atoms with Gasteiger partial charge >= 0.3 is 17.9 Å². The lowest BCUT2D eigenvalue weighted by Crippen LogP contribution is -2.30. The highest BCUT2D eigenvalue weighted by Gasteiger charge is 2.19. The molecule has 0 rings (SSSR count). The van der Waals surface area contributed by atoms with Gasteiger partial charge in [0.05, 0.1) is 0 Å². The van der Waals surface area contributed by atoms with Gasteiger partial charge in [0.25, 0.3) is 0 Å². The van der Waals surface area contributed by atoms with Crippen LogP contribution in [0.2, 0.25) is 0 Å². The summed E-state index contributed by atoms with van der Waals surface area (Å²) >= 11 is 0. The number of carbonyl (C=O) groups is 3. The number of carbonyl (C=O) groups excluding carboxylic acids is 3. The van der Waals surface area contributed by atoms with Gasteiger partial charge in [-0.05, 0) is 57.8 Å². The lowest BCUT2D eigenvalue weighted by molar-refractivity contribution is -0.167. The minimum atomic E-state index is -0.778. The maximum atomic E-state index is 13.0. The Hall–Kier alpha value is -2.37. The highest BCUT2D eigenvalue weighted by atomic mass is 16.6. The zero-order valence-electron chi connectivity index (χ0n) is 55.5. The topological polar surface area (TPSA) is 78.9 Å². The van der Waals surface area contributed by atoms with E-state index in [9.17, 15) is 14.4 Å². The van der Waals surface area contributed by atoms with Gasteiger partial charge < -0.3 is 14.2 Å². The minimum Gasteiger partial charge on any atom is -0.462 e. The van der Waals surface area contributed by atoms with Crippen molar-refractivity contribution in [3.63, 3.8) is 0 Å². The van der Waals surface area contributed by atoms with E-state index >= 15 is 0 Å². The van der Waals surface area contributed by atoms with Crippen LogP contribution in [-0.2, 0) is 28.6 Å². The molecule has 0 aromatic heterocycles. The lowest BCUT2D eigenvalue weighted by Gasteiger charge is -2.18. The van der Waals surface area contributed by atoms with Crippen molar-refractivity contribution < 1.29 is 28.6 Å². The highest BCUT2D eigenvalue weighted by molar-refractivity contribution is 5.71. The maximum Gasteiger partial charge on any atom is 0.306 e. The molecular formula is C76H142O6. The van der Waals surface area contributed by atoms with Crippen LogP contribution in [0.4, 0.5) is 0 Å². The van der Waals surface area contributed by atoms with Crippen LogP contribution in [-0.4, -0.2) is 37.2 Å². The molecule has 0 amide bonds. The summed E-state index contributed by atoms with van der Waals surface area (Å²) in [6.45, 7) is 6.71. The molecule has 0 saturated carbocycles. The van der Waals surface area contributed by atoms with E-state index < -0.39 is 6.10 Å². The predicted molar refractivity (Wildman–Crippen MR) is 358 cm³/mol. The van der Waals surface area contributed by atoms with Gasteiger partial charge in [-0.15, -0.1) is 0 Å². The first-order valence-corrected chi connectivity index (χ1v) is 37.0. The molecule has 0 fully saturated rings. The molecule has 1 atom stereocenters. The van der Waals surface area contributed by atoms with E-state index in [4.69, 9.17) is 14.2 Å². The summed E-state index contributed by atoms with van der Waals surface area (Å²) in [5.74, 6) is -0.851. The van der Waals surface area contributed by atoms with Crippen LogP contribution in [0.3, 0.4) is 0 Å². The van der Waals surface area contributed by atoms with Gasteiger partial charge in [0, 0.05) is 19.3 Å². The Bertz CT molecular complexity index is 1370. The molecular weight excluding hydrogens is 1010 g/mol. The summed E-state index contributed by atoms with van der Waals surface area (Å²) in [7, 11) is 0. The second-order valence-corrected chi connectivity index (χ2v) is 25.2. The molecule has 482 valence electrons. The molecule has 1 unspecified atom stereocenters. The van der Waals surface area contributed by atoms with Crippen molar-refractivity contribution >= 4 is 17.9 Å². The first kappa shape index (κ1) is 79.6. The molecule has 0 aliphatic carbocycles. The molecule has 6 heteroatoms. The van der Waals surface area contributed by atoms with Crippen molar-refractivity contribution in [3.05, 3.63) is 36.5 Å². The van der Waals surface area contributed by atoms with E-state index in [1.165, 1.54) is 295 Å². The average Bonchev–Trinajstić information content (AvgIpc) is 3.48. The summed E-state index contributed by atoms with van der Waals surface area (Å²) in [6, 6.07) is 0. The Kier molecular flexibility index (Phi) is 69.1. The van der Waals surface area contributed by atoms with Crippen molar-refractivity contribution in [2.45, 2.75) is 419 Å². The molecule has 0 aliphatic heterocycles. The third kappa shape index (κ3) is 68.4. The monoisotopic (exact) mass is 1150 g/mol. The van der Waals surface area contributed by atoms with E-state index in [0.717, 1.165) is 77.0 Å². The van der Waals surface area contributed by atoms with Gasteiger partial charge in [0.15, 0.2) is 6.10 Å². The molecule has 82 heavy (non-hydrogen) atoms. The fourth-order valence-corrected chi connectivity index (χ4v) is 11.3. The second-order valence-electron chi connectivity index (χ2n) is 25.2. The number of hydrogen-bond donors (Lipinski definition) is 0. The number of unbranched alkanes of at least 4 members (excludes halogenated alkanes) is 52. The molecule has 0 radical (unpaired) electrons. The van der Waals surface area contributed by atoms with E-state index in [1.807, 2.05) is 0 Å². The molecule has 6 nitrogen and oxygen atoms in total. The maximum absolute atomic E-state index is 13.0. The largest absolute Gasteiger partial charge is 0.462 e. The second kappa shape index (κ2) is 71.1. The van der Waals surface area contributed by atoms with Crippen LogP contribution >= 0.6 is 0 Å². The number of esters is 3. The Morgan fingerprint density at radius 2 is 0.439 bits per heavy atom. The van der Waals surface area contributed by atoms with Gasteiger partial charge in [0.2, 0.25) is 0 Å². The minimum absolute atomic E-state index is 0.0716. The van der Waals surface area contributed by atoms with Crippen molar-refractivity contribution in [2.75, 3.05) is 13.2 Å². The van der Waals surface area contributed by atoms with Crippen LogP contribution in [0.25, 0.3) is 0 Å². The molecule has 0 aromatic rings. The Labute approximate surface area is 512 Å². The van der Waals surface area contributed by atoms with Crippen molar-refractivity contribution in [2.24, 2.45) is 0 Å². The third-order valence-electron chi connectivity index (χ3n) is 16.9. The zero-order valence-corrected chi connectivity index (χ0v) is 55.5. The highest BCUT2D eigenvalue weighted by Crippen LogP contribution is 2.19. The molecule has 0 spiro atoms. The van der Waals surface area contributed by atoms with E-state index in [-0.39, 0.29) is 31.1 Å². The number of rotatable bonds is 69. The van der Waals surface area contributed by atoms with Gasteiger partial charge in [-0.2, -0.15) is 0 Å². The zero-order chi connectivity index (χ0) is 59.2. The summed E-state index contributed by atoms with van der Waals surface area (Å²) in [5.41, 5.74) is 0. The molecule has 0 aromatic carbocycles. The van der Waals surface area contributed by atoms with Gasteiger partial charge in [-0.25, -0.2) is 0 Å². The van der Waals surface area contributed by atoms with Crippen LogP contribution in [0, 0.1) is 0 Å². The van der Waals surface area contributed by atoms with Gasteiger partial charge in [0.1, 0.15) is 13.2 Å². The molecule has 0 N–H and O–H groups in total. The van der Waals surface area contributed by atoms with E-state index in [2.05, 4.69) is 57.2 Å². The molecule has 0 saturated heterocycles. The quantitative estimate of drug-likeness (QED) is 0.0261. The van der Waals surface area contributed by atoms with Crippen molar-refractivity contribution in [3.8, 4) is 0 Å². The van der Waals surface area contributed by atoms with Crippen LogP contribution in [0.1, 0.15) is 412 Å². The van der Waals surface area contributed by atoms with Crippen molar-refractivity contribution in [1.82, 2.24) is 0 Å². The Morgan fingerprint density at radius 1 is 0.244 bits per heavy atom. The van der Waals surface area contributed by atoms with Crippen LogP contribution in [0.15, 0.2) is 36.5 Å². The number of allylic oxidation sites excluding steroid dienone is 6. The first-order chi connectivity index (χ1) is 40.5. The fourth-order valence-electron chi connectivity index (χ4n) is 11.3. The standard InChI is InChI=1S/C76H142O6/c1-4-7-10-13-16-19-22-25-28-31-33-35-36-37-38-39-40-42-43-45-48-51-54-57-60-63-66-69-75(78)81-72-73(71-80-74(77)68-65-62-59-56-53-50-47-30-27-24-21-18-15-12-9-6-3)82-76(79)70-67-64-61-58-55-52-49-46-44-41-34-32-29-26-23-20-17-14-11-8-5-2/h23,26,32,34,44,46,73H,4-22,24-25,27-31,33,35-43,45,47-72H2,1-3H3/b26-23-,34-32-,46-44-. The number of hydrogen-bond acceptors (Lipinski definition) is 6. The summed E-state index contributed by atoms with van der Waals surface area (Å²) < 4.78 is 17.0. The van der Waals surface area contributed by atoms with Gasteiger partial charge in [-0.3, -0.25) is 14.4 Å². The Morgan fingerprint density at radius 3 is 0.683 bits per heavy atom. The smallest absolute Gasteiger partial charge is 0.306 e. The third-order valence-corrected chi connectivity index (χ3v) is 16.9. The molecule has 0 bridgehead atoms. The molecule has 0 aliphatic rings. The summed E-state index contributed by atoms with van der Waals surface area (Å²) in [5, 5.41) is 0. The fraction of sp³-hybridized carbons (Fsp3) is 0.882. The normalized spacial score (nSPS) is 12.2. The number of ether oxygens (including phenoxy) is 3. The van der Waals surface area contributed by atoms with Crippen molar-refractivity contribution in [1.29, 1.82) is 0 Å². The predicted octanol–water partition coefficient (Wildman–Crippen LogP) is 25.5. The van der Waals surface area contributed by atoms with Gasteiger partial charge in [-0.1, -0.05) is 372 Å². The lowest BCUT2D eigenvalue weighted by atomic mass is 10.0. The Balaban J connectivity index is 4.27.